The molecular formula is C16H20FNO3. The number of hydrogen-bond donors (Lipinski definition) is 0. The maximum atomic E-state index is 12.8. The van der Waals surface area contributed by atoms with Crippen LogP contribution in [0, 0.1) is 11.7 Å². The van der Waals surface area contributed by atoms with E-state index in [4.69, 9.17) is 9.47 Å². The van der Waals surface area contributed by atoms with E-state index in [0.29, 0.717) is 19.0 Å². The van der Waals surface area contributed by atoms with E-state index in [0.717, 1.165) is 32.4 Å². The van der Waals surface area contributed by atoms with Gasteiger partial charge >= 0.3 is 0 Å². The van der Waals surface area contributed by atoms with Crippen molar-refractivity contribution in [2.45, 2.75) is 25.4 Å². The highest BCUT2D eigenvalue weighted by molar-refractivity contribution is 5.79. The van der Waals surface area contributed by atoms with E-state index >= 15 is 0 Å². The summed E-state index contributed by atoms with van der Waals surface area (Å²) in [5, 5.41) is 0. The average molecular weight is 293 g/mol. The van der Waals surface area contributed by atoms with Crippen molar-refractivity contribution in [1.82, 2.24) is 4.90 Å². The van der Waals surface area contributed by atoms with E-state index in [1.165, 1.54) is 12.1 Å². The van der Waals surface area contributed by atoms with Crippen LogP contribution in [0.1, 0.15) is 19.3 Å². The zero-order valence-corrected chi connectivity index (χ0v) is 12.0. The molecule has 3 rings (SSSR count). The molecule has 114 valence electrons. The smallest absolute Gasteiger partial charge is 0.228 e. The quantitative estimate of drug-likeness (QED) is 0.858. The lowest BCUT2D eigenvalue weighted by Crippen LogP contribution is -2.44. The molecule has 21 heavy (non-hydrogen) atoms. The molecule has 2 aliphatic heterocycles. The first-order valence-electron chi connectivity index (χ1n) is 7.51. The molecule has 0 aromatic heterocycles. The topological polar surface area (TPSA) is 38.8 Å². The molecule has 1 aromatic carbocycles. The second-order valence-electron chi connectivity index (χ2n) is 5.66. The minimum absolute atomic E-state index is 0.0413. The Hall–Kier alpha value is -1.62. The molecule has 0 N–H and O–H groups in total. The van der Waals surface area contributed by atoms with E-state index in [9.17, 15) is 9.18 Å². The van der Waals surface area contributed by atoms with E-state index < -0.39 is 0 Å². The lowest BCUT2D eigenvalue weighted by atomic mass is 10.0. The second-order valence-corrected chi connectivity index (χ2v) is 5.66. The van der Waals surface area contributed by atoms with Crippen LogP contribution in [-0.4, -0.2) is 43.2 Å². The highest BCUT2D eigenvalue weighted by Crippen LogP contribution is 2.22. The molecule has 2 aliphatic rings. The van der Waals surface area contributed by atoms with Crippen molar-refractivity contribution in [3.8, 4) is 5.75 Å². The molecule has 1 amide bonds. The van der Waals surface area contributed by atoms with Gasteiger partial charge in [-0.05, 0) is 30.7 Å². The van der Waals surface area contributed by atoms with Gasteiger partial charge in [0.15, 0.2) is 0 Å². The van der Waals surface area contributed by atoms with Crippen molar-refractivity contribution in [3.05, 3.63) is 30.1 Å². The molecule has 0 unspecified atom stereocenters. The van der Waals surface area contributed by atoms with Crippen LogP contribution in [0.15, 0.2) is 24.3 Å². The first-order valence-corrected chi connectivity index (χ1v) is 7.51. The van der Waals surface area contributed by atoms with Crippen LogP contribution in [-0.2, 0) is 9.53 Å². The average Bonchev–Trinajstić information content (AvgIpc) is 3.04. The lowest BCUT2D eigenvalue weighted by molar-refractivity contribution is -0.137. The lowest BCUT2D eigenvalue weighted by Gasteiger charge is -2.33. The Balaban J connectivity index is 1.48. The summed E-state index contributed by atoms with van der Waals surface area (Å²) < 4.78 is 24.0. The Morgan fingerprint density at radius 3 is 2.52 bits per heavy atom. The molecule has 4 nitrogen and oxygen atoms in total. The summed E-state index contributed by atoms with van der Waals surface area (Å²) in [6.07, 6.45) is 2.57. The van der Waals surface area contributed by atoms with E-state index in [2.05, 4.69) is 0 Å². The number of nitrogens with zero attached hydrogens (tertiary/aromatic N) is 1. The third kappa shape index (κ3) is 3.53. The van der Waals surface area contributed by atoms with Crippen molar-refractivity contribution >= 4 is 5.91 Å². The molecule has 2 fully saturated rings. The van der Waals surface area contributed by atoms with Gasteiger partial charge < -0.3 is 14.4 Å². The standard InChI is InChI=1S/C16H20FNO3/c17-13-1-3-14(4-2-13)21-15-5-8-18(9-6-15)16(19)12-7-10-20-11-12/h1-4,12,15H,5-11H2/t12-/m1/s1. The van der Waals surface area contributed by atoms with Crippen molar-refractivity contribution in [1.29, 1.82) is 0 Å². The van der Waals surface area contributed by atoms with Crippen LogP contribution in [0.4, 0.5) is 4.39 Å². The highest BCUT2D eigenvalue weighted by Gasteiger charge is 2.31. The number of carbonyl (C=O) groups is 1. The Labute approximate surface area is 123 Å². The van der Waals surface area contributed by atoms with Gasteiger partial charge in [-0.25, -0.2) is 4.39 Å². The van der Waals surface area contributed by atoms with Gasteiger partial charge in [-0.15, -0.1) is 0 Å². The van der Waals surface area contributed by atoms with Crippen LogP contribution in [0.2, 0.25) is 0 Å². The number of carbonyl (C=O) groups excluding carboxylic acids is 1. The fourth-order valence-electron chi connectivity index (χ4n) is 2.89. The summed E-state index contributed by atoms with van der Waals surface area (Å²) in [6.45, 7) is 2.70. The number of likely N-dealkylation sites (tertiary alicyclic amines) is 1. The van der Waals surface area contributed by atoms with Crippen molar-refractivity contribution in [2.24, 2.45) is 5.92 Å². The van der Waals surface area contributed by atoms with Crippen molar-refractivity contribution in [2.75, 3.05) is 26.3 Å². The Morgan fingerprint density at radius 2 is 1.90 bits per heavy atom. The van der Waals surface area contributed by atoms with Gasteiger partial charge in [0.05, 0.1) is 12.5 Å². The molecule has 0 radical (unpaired) electrons. The molecule has 0 spiro atoms. The second kappa shape index (κ2) is 6.43. The molecular weight excluding hydrogens is 273 g/mol. The number of piperidine rings is 1. The van der Waals surface area contributed by atoms with Crippen molar-refractivity contribution < 1.29 is 18.7 Å². The molecule has 1 aromatic rings. The van der Waals surface area contributed by atoms with Crippen LogP contribution >= 0.6 is 0 Å². The number of ether oxygens (including phenoxy) is 2. The Bertz CT molecular complexity index is 477. The molecule has 5 heteroatoms. The minimum atomic E-state index is -0.262. The van der Waals surface area contributed by atoms with Gasteiger partial charge in [-0.3, -0.25) is 4.79 Å². The third-order valence-corrected chi connectivity index (χ3v) is 4.15. The highest BCUT2D eigenvalue weighted by atomic mass is 19.1. The molecule has 2 heterocycles. The van der Waals surface area contributed by atoms with Crippen LogP contribution in [0.3, 0.4) is 0 Å². The van der Waals surface area contributed by atoms with Gasteiger partial charge in [0.25, 0.3) is 0 Å². The monoisotopic (exact) mass is 293 g/mol. The normalized spacial score (nSPS) is 23.3. The predicted octanol–water partition coefficient (Wildman–Crippen LogP) is 2.23. The number of hydrogen-bond acceptors (Lipinski definition) is 3. The maximum Gasteiger partial charge on any atom is 0.228 e. The molecule has 0 bridgehead atoms. The molecule has 0 aliphatic carbocycles. The van der Waals surface area contributed by atoms with Gasteiger partial charge in [-0.2, -0.15) is 0 Å². The number of rotatable bonds is 3. The van der Waals surface area contributed by atoms with E-state index in [-0.39, 0.29) is 23.7 Å². The summed E-state index contributed by atoms with van der Waals surface area (Å²) in [7, 11) is 0. The Morgan fingerprint density at radius 1 is 1.19 bits per heavy atom. The van der Waals surface area contributed by atoms with Crippen LogP contribution in [0.25, 0.3) is 0 Å². The summed E-state index contributed by atoms with van der Waals surface area (Å²) >= 11 is 0. The van der Waals surface area contributed by atoms with Gasteiger partial charge in [-0.1, -0.05) is 0 Å². The zero-order chi connectivity index (χ0) is 14.7. The number of benzene rings is 1. The molecule has 0 saturated carbocycles. The maximum absolute atomic E-state index is 12.8. The SMILES string of the molecule is O=C([C@@H]1CCOC1)N1CCC(Oc2ccc(F)cc2)CC1. The fraction of sp³-hybridized carbons (Fsp3) is 0.562. The minimum Gasteiger partial charge on any atom is -0.490 e. The van der Waals surface area contributed by atoms with E-state index in [1.54, 1.807) is 12.1 Å². The fourth-order valence-corrected chi connectivity index (χ4v) is 2.89. The predicted molar refractivity (Wildman–Crippen MR) is 75.6 cm³/mol. The van der Waals surface area contributed by atoms with Gasteiger partial charge in [0.1, 0.15) is 17.7 Å². The first-order chi connectivity index (χ1) is 10.2. The van der Waals surface area contributed by atoms with Gasteiger partial charge in [0, 0.05) is 32.5 Å². The van der Waals surface area contributed by atoms with Crippen molar-refractivity contribution in [3.63, 3.8) is 0 Å². The van der Waals surface area contributed by atoms with E-state index in [1.807, 2.05) is 4.90 Å². The largest absolute Gasteiger partial charge is 0.490 e. The Kier molecular flexibility index (Phi) is 4.39. The summed E-state index contributed by atoms with van der Waals surface area (Å²) in [6, 6.07) is 6.08. The van der Waals surface area contributed by atoms with Crippen LogP contribution < -0.4 is 4.74 Å². The summed E-state index contributed by atoms with van der Waals surface area (Å²) in [5.41, 5.74) is 0. The van der Waals surface area contributed by atoms with Gasteiger partial charge in [0.2, 0.25) is 5.91 Å². The zero-order valence-electron chi connectivity index (χ0n) is 12.0. The number of amides is 1. The van der Waals surface area contributed by atoms with Crippen LogP contribution in [0.5, 0.6) is 5.75 Å². The third-order valence-electron chi connectivity index (χ3n) is 4.15. The summed E-state index contributed by atoms with van der Waals surface area (Å²) in [4.78, 5) is 14.2. The molecule has 1 atom stereocenters. The summed E-state index contributed by atoms with van der Waals surface area (Å²) in [5.74, 6) is 0.680. The first kappa shape index (κ1) is 14.3. The number of halogens is 1. The molecule has 2 saturated heterocycles.